The smallest absolute Gasteiger partial charge is 0.268 e. The predicted molar refractivity (Wildman–Crippen MR) is 103 cm³/mol. The lowest BCUT2D eigenvalue weighted by Gasteiger charge is -2.17. The Kier molecular flexibility index (Phi) is 4.45. The summed E-state index contributed by atoms with van der Waals surface area (Å²) in [6, 6.07) is 13.3. The van der Waals surface area contributed by atoms with Gasteiger partial charge in [-0.05, 0) is 59.8 Å². The number of hydrogen-bond donors (Lipinski definition) is 1. The van der Waals surface area contributed by atoms with Gasteiger partial charge in [0.25, 0.3) is 15.9 Å². The number of nitrogens with one attached hydrogen (secondary N) is 1. The zero-order valence-corrected chi connectivity index (χ0v) is 15.7. The molecule has 138 valence electrons. The van der Waals surface area contributed by atoms with Crippen LogP contribution < -0.4 is 9.62 Å². The SMILES string of the molecule is O=C(c1cccs1)N1CCc2ccc(NS(=O)(=O)c3ccc(F)cc3)cc21. The largest absolute Gasteiger partial charge is 0.307 e. The lowest BCUT2D eigenvalue weighted by molar-refractivity contribution is 0.0993. The van der Waals surface area contributed by atoms with E-state index in [9.17, 15) is 17.6 Å². The summed E-state index contributed by atoms with van der Waals surface area (Å²) in [6.45, 7) is 0.556. The van der Waals surface area contributed by atoms with Crippen LogP contribution in [0.1, 0.15) is 15.2 Å². The third-order valence-corrected chi connectivity index (χ3v) is 6.59. The Bertz CT molecular complexity index is 1090. The number of rotatable bonds is 4. The van der Waals surface area contributed by atoms with Crippen LogP contribution in [-0.4, -0.2) is 20.9 Å². The van der Waals surface area contributed by atoms with Gasteiger partial charge in [0.15, 0.2) is 0 Å². The van der Waals surface area contributed by atoms with Crippen molar-refractivity contribution in [1.29, 1.82) is 0 Å². The van der Waals surface area contributed by atoms with Crippen molar-refractivity contribution in [3.05, 3.63) is 76.2 Å². The van der Waals surface area contributed by atoms with Gasteiger partial charge in [0.2, 0.25) is 0 Å². The van der Waals surface area contributed by atoms with Crippen molar-refractivity contribution in [3.8, 4) is 0 Å². The van der Waals surface area contributed by atoms with Crippen LogP contribution in [0.5, 0.6) is 0 Å². The molecule has 3 aromatic rings. The van der Waals surface area contributed by atoms with Crippen LogP contribution in [0.3, 0.4) is 0 Å². The number of nitrogens with zero attached hydrogens (tertiary/aromatic N) is 1. The molecule has 0 spiro atoms. The molecule has 5 nitrogen and oxygen atoms in total. The minimum Gasteiger partial charge on any atom is -0.307 e. The summed E-state index contributed by atoms with van der Waals surface area (Å²) in [4.78, 5) is 15.0. The fourth-order valence-corrected chi connectivity index (χ4v) is 4.74. The summed E-state index contributed by atoms with van der Waals surface area (Å²) in [6.07, 6.45) is 0.720. The first-order valence-electron chi connectivity index (χ1n) is 8.21. The molecule has 1 aliphatic heterocycles. The number of amides is 1. The second-order valence-corrected chi connectivity index (χ2v) is 8.72. The first-order chi connectivity index (χ1) is 12.9. The maximum atomic E-state index is 13.0. The van der Waals surface area contributed by atoms with E-state index in [1.807, 2.05) is 17.5 Å². The predicted octanol–water partition coefficient (Wildman–Crippen LogP) is 3.89. The van der Waals surface area contributed by atoms with E-state index in [0.29, 0.717) is 22.8 Å². The second kappa shape index (κ2) is 6.79. The normalized spacial score (nSPS) is 13.4. The Morgan fingerprint density at radius 1 is 1.11 bits per heavy atom. The first kappa shape index (κ1) is 17.7. The summed E-state index contributed by atoms with van der Waals surface area (Å²) in [5.41, 5.74) is 2.04. The number of halogens is 1. The Hall–Kier alpha value is -2.71. The quantitative estimate of drug-likeness (QED) is 0.720. The molecule has 0 fully saturated rings. The fourth-order valence-electron chi connectivity index (χ4n) is 3.01. The lowest BCUT2D eigenvalue weighted by atomic mass is 10.1. The summed E-state index contributed by atoms with van der Waals surface area (Å²) < 4.78 is 40.5. The van der Waals surface area contributed by atoms with Gasteiger partial charge in [0, 0.05) is 12.2 Å². The van der Waals surface area contributed by atoms with Gasteiger partial charge < -0.3 is 4.90 Å². The molecule has 4 rings (SSSR count). The summed E-state index contributed by atoms with van der Waals surface area (Å²) in [5.74, 6) is -0.600. The standard InChI is InChI=1S/C19H15FN2O3S2/c20-14-4-7-16(8-5-14)27(24,25)21-15-6-3-13-9-10-22(17(13)12-15)19(23)18-2-1-11-26-18/h1-8,11-12,21H,9-10H2. The van der Waals surface area contributed by atoms with E-state index < -0.39 is 15.8 Å². The monoisotopic (exact) mass is 402 g/mol. The number of hydrogen-bond acceptors (Lipinski definition) is 4. The Labute approximate surface area is 160 Å². The molecule has 0 radical (unpaired) electrons. The number of carbonyl (C=O) groups excluding carboxylic acids is 1. The first-order valence-corrected chi connectivity index (χ1v) is 10.6. The molecule has 1 aliphatic rings. The number of benzene rings is 2. The molecule has 0 atom stereocenters. The molecule has 0 bridgehead atoms. The molecular formula is C19H15FN2O3S2. The highest BCUT2D eigenvalue weighted by atomic mass is 32.2. The molecule has 1 N–H and O–H groups in total. The van der Waals surface area contributed by atoms with Crippen molar-refractivity contribution < 1.29 is 17.6 Å². The number of sulfonamides is 1. The highest BCUT2D eigenvalue weighted by Gasteiger charge is 2.27. The van der Waals surface area contributed by atoms with E-state index in [-0.39, 0.29) is 10.8 Å². The topological polar surface area (TPSA) is 66.5 Å². The van der Waals surface area contributed by atoms with E-state index in [0.717, 1.165) is 24.1 Å². The van der Waals surface area contributed by atoms with Crippen molar-refractivity contribution in [2.24, 2.45) is 0 Å². The van der Waals surface area contributed by atoms with Crippen molar-refractivity contribution in [2.45, 2.75) is 11.3 Å². The van der Waals surface area contributed by atoms with E-state index in [1.54, 1.807) is 23.1 Å². The highest BCUT2D eigenvalue weighted by molar-refractivity contribution is 7.92. The maximum Gasteiger partial charge on any atom is 0.268 e. The van der Waals surface area contributed by atoms with E-state index in [4.69, 9.17) is 0 Å². The molecule has 1 amide bonds. The maximum absolute atomic E-state index is 13.0. The summed E-state index contributed by atoms with van der Waals surface area (Å²) in [5, 5.41) is 1.84. The van der Waals surface area contributed by atoms with Crippen molar-refractivity contribution in [1.82, 2.24) is 0 Å². The average Bonchev–Trinajstić information content (AvgIpc) is 3.31. The Morgan fingerprint density at radius 2 is 1.89 bits per heavy atom. The summed E-state index contributed by atoms with van der Waals surface area (Å²) >= 11 is 1.37. The van der Waals surface area contributed by atoms with Crippen LogP contribution in [0.15, 0.2) is 64.9 Å². The third-order valence-electron chi connectivity index (χ3n) is 4.33. The molecule has 0 saturated carbocycles. The van der Waals surface area contributed by atoms with E-state index in [2.05, 4.69) is 4.72 Å². The zero-order chi connectivity index (χ0) is 19.0. The van der Waals surface area contributed by atoms with Gasteiger partial charge in [-0.15, -0.1) is 11.3 Å². The second-order valence-electron chi connectivity index (χ2n) is 6.09. The van der Waals surface area contributed by atoms with Crippen LogP contribution in [0.4, 0.5) is 15.8 Å². The van der Waals surface area contributed by atoms with Crippen molar-refractivity contribution in [3.63, 3.8) is 0 Å². The lowest BCUT2D eigenvalue weighted by Crippen LogP contribution is -2.28. The molecule has 1 aromatic heterocycles. The molecule has 8 heteroatoms. The molecule has 2 aromatic carbocycles. The van der Waals surface area contributed by atoms with Crippen LogP contribution in [-0.2, 0) is 16.4 Å². The minimum absolute atomic E-state index is 0.0316. The number of anilines is 2. The number of carbonyl (C=O) groups is 1. The highest BCUT2D eigenvalue weighted by Crippen LogP contribution is 2.33. The molecule has 0 aliphatic carbocycles. The zero-order valence-electron chi connectivity index (χ0n) is 14.1. The molecular weight excluding hydrogens is 387 g/mol. The minimum atomic E-state index is -3.85. The molecule has 0 saturated heterocycles. The Morgan fingerprint density at radius 3 is 2.59 bits per heavy atom. The van der Waals surface area contributed by atoms with Gasteiger partial charge in [0.05, 0.1) is 15.5 Å². The van der Waals surface area contributed by atoms with Crippen molar-refractivity contribution in [2.75, 3.05) is 16.2 Å². The van der Waals surface area contributed by atoms with Gasteiger partial charge in [-0.25, -0.2) is 12.8 Å². The molecule has 27 heavy (non-hydrogen) atoms. The van der Waals surface area contributed by atoms with Gasteiger partial charge in [0.1, 0.15) is 5.82 Å². The third kappa shape index (κ3) is 3.45. The fraction of sp³-hybridized carbons (Fsp3) is 0.105. The molecule has 0 unspecified atom stereocenters. The Balaban J connectivity index is 1.62. The molecule has 2 heterocycles. The van der Waals surface area contributed by atoms with E-state index >= 15 is 0 Å². The number of fused-ring (bicyclic) bond motifs is 1. The van der Waals surface area contributed by atoms with Gasteiger partial charge in [-0.2, -0.15) is 0 Å². The van der Waals surface area contributed by atoms with Gasteiger partial charge in [-0.1, -0.05) is 12.1 Å². The van der Waals surface area contributed by atoms with Crippen molar-refractivity contribution >= 4 is 38.6 Å². The van der Waals surface area contributed by atoms with Crippen LogP contribution >= 0.6 is 11.3 Å². The van der Waals surface area contributed by atoms with Gasteiger partial charge >= 0.3 is 0 Å². The van der Waals surface area contributed by atoms with Crippen LogP contribution in [0.25, 0.3) is 0 Å². The van der Waals surface area contributed by atoms with E-state index in [1.165, 1.54) is 23.5 Å². The number of thiophene rings is 1. The van der Waals surface area contributed by atoms with Gasteiger partial charge in [-0.3, -0.25) is 9.52 Å². The van der Waals surface area contributed by atoms with Crippen LogP contribution in [0, 0.1) is 5.82 Å². The average molecular weight is 402 g/mol. The summed E-state index contributed by atoms with van der Waals surface area (Å²) in [7, 11) is -3.85. The van der Waals surface area contributed by atoms with Crippen LogP contribution in [0.2, 0.25) is 0 Å².